The van der Waals surface area contributed by atoms with Crippen LogP contribution in [0.1, 0.15) is 29.8 Å². The van der Waals surface area contributed by atoms with Crippen molar-refractivity contribution in [2.75, 3.05) is 0 Å². The third kappa shape index (κ3) is 2.91. The van der Waals surface area contributed by atoms with Gasteiger partial charge in [-0.25, -0.2) is 4.79 Å². The largest absolute Gasteiger partial charge is 0.325 e. The topological polar surface area (TPSA) is 66.5 Å². The molecule has 3 amide bonds. The van der Waals surface area contributed by atoms with Crippen LogP contribution in [0, 0.1) is 0 Å². The second-order valence-electron chi connectivity index (χ2n) is 6.15. The molecule has 0 radical (unpaired) electrons. The van der Waals surface area contributed by atoms with Crippen molar-refractivity contribution in [3.8, 4) is 0 Å². The third-order valence-electron chi connectivity index (χ3n) is 4.45. The Hall–Kier alpha value is -2.66. The summed E-state index contributed by atoms with van der Waals surface area (Å²) < 4.78 is 0. The normalized spacial score (nSPS) is 21.2. The van der Waals surface area contributed by atoms with Crippen LogP contribution in [0.3, 0.4) is 0 Å². The van der Waals surface area contributed by atoms with Gasteiger partial charge in [0, 0.05) is 10.6 Å². The van der Waals surface area contributed by atoms with E-state index in [9.17, 15) is 14.4 Å². The first-order valence-electron chi connectivity index (χ1n) is 7.85. The van der Waals surface area contributed by atoms with E-state index in [1.807, 2.05) is 6.07 Å². The molecule has 25 heavy (non-hydrogen) atoms. The highest BCUT2D eigenvalue weighted by molar-refractivity contribution is 6.31. The highest BCUT2D eigenvalue weighted by Crippen LogP contribution is 2.30. The lowest BCUT2D eigenvalue weighted by Crippen LogP contribution is -2.45. The Balaban J connectivity index is 1.91. The first-order chi connectivity index (χ1) is 11.8. The molecule has 1 fully saturated rings. The van der Waals surface area contributed by atoms with Crippen LogP contribution >= 0.6 is 11.6 Å². The highest BCUT2D eigenvalue weighted by atomic mass is 35.5. The number of Topliss-reactive ketones (excluding diaryl/α,β-unsaturated/α-hetero) is 1. The van der Waals surface area contributed by atoms with Crippen molar-refractivity contribution in [3.05, 3.63) is 70.7 Å². The van der Waals surface area contributed by atoms with Crippen LogP contribution in [0.25, 0.3) is 0 Å². The quantitative estimate of drug-likeness (QED) is 0.674. The molecule has 0 aliphatic carbocycles. The zero-order valence-electron chi connectivity index (χ0n) is 13.8. The van der Waals surface area contributed by atoms with Crippen molar-refractivity contribution >= 4 is 29.3 Å². The van der Waals surface area contributed by atoms with Crippen molar-refractivity contribution in [2.24, 2.45) is 0 Å². The van der Waals surface area contributed by atoms with Gasteiger partial charge in [0.1, 0.15) is 11.6 Å². The zero-order valence-corrected chi connectivity index (χ0v) is 14.6. The first kappa shape index (κ1) is 17.2. The van der Waals surface area contributed by atoms with Gasteiger partial charge in [-0.15, -0.1) is 0 Å². The van der Waals surface area contributed by atoms with Gasteiger partial charge < -0.3 is 5.32 Å². The number of nitrogens with one attached hydrogen (secondary N) is 1. The van der Waals surface area contributed by atoms with Gasteiger partial charge in [-0.3, -0.25) is 14.5 Å². The van der Waals surface area contributed by atoms with E-state index in [2.05, 4.69) is 5.32 Å². The van der Waals surface area contributed by atoms with E-state index in [-0.39, 0.29) is 5.78 Å². The number of halogens is 1. The Kier molecular flexibility index (Phi) is 4.35. The smallest absolute Gasteiger partial charge is 0.319 e. The van der Waals surface area contributed by atoms with Crippen molar-refractivity contribution in [1.82, 2.24) is 10.2 Å². The van der Waals surface area contributed by atoms with Gasteiger partial charge in [0.05, 0.1) is 0 Å². The Morgan fingerprint density at radius 3 is 2.44 bits per heavy atom. The average molecular weight is 357 g/mol. The third-order valence-corrected chi connectivity index (χ3v) is 4.68. The molecular formula is C19H17ClN2O3. The molecule has 0 bridgehead atoms. The number of nitrogens with zero attached hydrogens (tertiary/aromatic N) is 1. The van der Waals surface area contributed by atoms with Gasteiger partial charge in [-0.05, 0) is 31.5 Å². The summed E-state index contributed by atoms with van der Waals surface area (Å²) in [5.41, 5.74) is -0.173. The van der Waals surface area contributed by atoms with Crippen LogP contribution in [-0.2, 0) is 10.3 Å². The summed E-state index contributed by atoms with van der Waals surface area (Å²) in [5.74, 6) is -0.796. The van der Waals surface area contributed by atoms with Gasteiger partial charge in [-0.1, -0.05) is 54.1 Å². The lowest BCUT2D eigenvalue weighted by Gasteiger charge is -2.24. The number of carbonyl (C=O) groups excluding carboxylic acids is 3. The molecule has 1 saturated heterocycles. The monoisotopic (exact) mass is 356 g/mol. The van der Waals surface area contributed by atoms with E-state index in [4.69, 9.17) is 11.6 Å². The number of benzene rings is 2. The van der Waals surface area contributed by atoms with Crippen LogP contribution in [0.2, 0.25) is 5.02 Å². The number of imide groups is 1. The van der Waals surface area contributed by atoms with Gasteiger partial charge in [0.2, 0.25) is 0 Å². The molecule has 1 heterocycles. The molecule has 2 unspecified atom stereocenters. The fourth-order valence-corrected chi connectivity index (χ4v) is 3.17. The number of hydrogen-bond acceptors (Lipinski definition) is 3. The van der Waals surface area contributed by atoms with Gasteiger partial charge >= 0.3 is 6.03 Å². The Bertz CT molecular complexity index is 853. The molecule has 2 aromatic carbocycles. The van der Waals surface area contributed by atoms with Gasteiger partial charge in [0.15, 0.2) is 5.78 Å². The molecule has 128 valence electrons. The molecule has 5 nitrogen and oxygen atoms in total. The fourth-order valence-electron chi connectivity index (χ4n) is 2.98. The van der Waals surface area contributed by atoms with Crippen LogP contribution < -0.4 is 5.32 Å². The van der Waals surface area contributed by atoms with E-state index < -0.39 is 23.5 Å². The number of carbonyl (C=O) groups is 3. The van der Waals surface area contributed by atoms with E-state index >= 15 is 0 Å². The average Bonchev–Trinajstić information content (AvgIpc) is 2.84. The van der Waals surface area contributed by atoms with Crippen molar-refractivity contribution in [1.29, 1.82) is 0 Å². The van der Waals surface area contributed by atoms with Gasteiger partial charge in [-0.2, -0.15) is 0 Å². The van der Waals surface area contributed by atoms with E-state index in [0.717, 1.165) is 4.90 Å². The van der Waals surface area contributed by atoms with Crippen LogP contribution in [0.5, 0.6) is 0 Å². The maximum absolute atomic E-state index is 12.9. The molecule has 2 atom stereocenters. The standard InChI is InChI=1S/C19H17ClN2O3/c1-12(16(23)13-7-6-10-15(20)11-13)22-17(24)19(2,21-18(22)25)14-8-4-3-5-9-14/h3-12H,1-2H3,(H,21,25). The van der Waals surface area contributed by atoms with Crippen molar-refractivity contribution < 1.29 is 14.4 Å². The maximum Gasteiger partial charge on any atom is 0.325 e. The summed E-state index contributed by atoms with van der Waals surface area (Å²) in [4.78, 5) is 39.1. The molecule has 1 aliphatic heterocycles. The fraction of sp³-hybridized carbons (Fsp3) is 0.211. The Morgan fingerprint density at radius 2 is 1.80 bits per heavy atom. The van der Waals surface area contributed by atoms with Crippen molar-refractivity contribution in [3.63, 3.8) is 0 Å². The summed E-state index contributed by atoms with van der Waals surface area (Å²) in [6.45, 7) is 3.18. The molecule has 2 aromatic rings. The van der Waals surface area contributed by atoms with Crippen LogP contribution in [-0.4, -0.2) is 28.7 Å². The number of ketones is 1. The second kappa shape index (κ2) is 6.33. The molecule has 0 saturated carbocycles. The zero-order chi connectivity index (χ0) is 18.2. The first-order valence-corrected chi connectivity index (χ1v) is 8.23. The van der Waals surface area contributed by atoms with Gasteiger partial charge in [0.25, 0.3) is 5.91 Å². The molecule has 0 aromatic heterocycles. The summed E-state index contributed by atoms with van der Waals surface area (Å²) >= 11 is 5.92. The molecular weight excluding hydrogens is 340 g/mol. The molecule has 0 spiro atoms. The maximum atomic E-state index is 12.9. The minimum Gasteiger partial charge on any atom is -0.319 e. The predicted octanol–water partition coefficient (Wildman–Crippen LogP) is 3.38. The number of rotatable bonds is 4. The number of hydrogen-bond donors (Lipinski definition) is 1. The molecule has 1 aliphatic rings. The summed E-state index contributed by atoms with van der Waals surface area (Å²) in [6.07, 6.45) is 0. The van der Waals surface area contributed by atoms with Crippen LogP contribution in [0.4, 0.5) is 4.79 Å². The molecule has 3 rings (SSSR count). The number of amides is 3. The minimum atomic E-state index is -1.19. The van der Waals surface area contributed by atoms with Crippen LogP contribution in [0.15, 0.2) is 54.6 Å². The summed E-state index contributed by atoms with van der Waals surface area (Å²) in [6, 6.07) is 13.9. The van der Waals surface area contributed by atoms with E-state index in [0.29, 0.717) is 16.1 Å². The number of urea groups is 1. The lowest BCUT2D eigenvalue weighted by atomic mass is 9.91. The SMILES string of the molecule is CC(C(=O)c1cccc(Cl)c1)N1C(=O)NC(C)(c2ccccc2)C1=O. The van der Waals surface area contributed by atoms with E-state index in [1.54, 1.807) is 49.4 Å². The lowest BCUT2D eigenvalue weighted by molar-refractivity contribution is -0.131. The second-order valence-corrected chi connectivity index (χ2v) is 6.58. The molecule has 6 heteroatoms. The summed E-state index contributed by atoms with van der Waals surface area (Å²) in [7, 11) is 0. The highest BCUT2D eigenvalue weighted by Gasteiger charge is 2.51. The Morgan fingerprint density at radius 1 is 1.12 bits per heavy atom. The molecule has 1 N–H and O–H groups in total. The summed E-state index contributed by atoms with van der Waals surface area (Å²) in [5, 5.41) is 3.12. The predicted molar refractivity (Wildman–Crippen MR) is 94.4 cm³/mol. The Labute approximate surface area is 150 Å². The van der Waals surface area contributed by atoms with Crippen molar-refractivity contribution in [2.45, 2.75) is 25.4 Å². The van der Waals surface area contributed by atoms with E-state index in [1.165, 1.54) is 13.0 Å². The minimum absolute atomic E-state index is 0.344.